The summed E-state index contributed by atoms with van der Waals surface area (Å²) in [5.41, 5.74) is 8.30. The second-order valence-corrected chi connectivity index (χ2v) is 11.5. The minimum absolute atomic E-state index is 0. The van der Waals surface area contributed by atoms with Crippen LogP contribution in [0, 0.1) is 26.0 Å². The van der Waals surface area contributed by atoms with Crippen LogP contribution in [0.4, 0.5) is 0 Å². The summed E-state index contributed by atoms with van der Waals surface area (Å²) >= 11 is 0. The van der Waals surface area contributed by atoms with E-state index in [-0.39, 0.29) is 21.1 Å². The van der Waals surface area contributed by atoms with E-state index in [1.165, 1.54) is 31.2 Å². The van der Waals surface area contributed by atoms with E-state index in [9.17, 15) is 0 Å². The molecule has 0 unspecified atom stereocenters. The quantitative estimate of drug-likeness (QED) is 0.103. The molecule has 0 aliphatic rings. The van der Waals surface area contributed by atoms with Crippen LogP contribution in [0.25, 0.3) is 44.4 Å². The molecule has 0 aliphatic carbocycles. The summed E-state index contributed by atoms with van der Waals surface area (Å²) in [6, 6.07) is 37.8. The topological polar surface area (TPSA) is 44.9 Å². The molecule has 0 atom stereocenters. The number of pyridine rings is 1. The second-order valence-electron chi connectivity index (χ2n) is 11.5. The third-order valence-corrected chi connectivity index (χ3v) is 8.41. The van der Waals surface area contributed by atoms with Gasteiger partial charge in [0.2, 0.25) is 0 Å². The van der Waals surface area contributed by atoms with Gasteiger partial charge in [-0.15, -0.1) is 35.7 Å². The van der Waals surface area contributed by atoms with Gasteiger partial charge in [0.1, 0.15) is 5.82 Å². The molecule has 6 heteroatoms. The minimum Gasteiger partial charge on any atom is -0.509 e. The Morgan fingerprint density at radius 2 is 1.67 bits per heavy atom. The largest absolute Gasteiger partial charge is 2.00 e. The summed E-state index contributed by atoms with van der Waals surface area (Å²) < 4.78 is 18.7. The summed E-state index contributed by atoms with van der Waals surface area (Å²) in [5.74, 6) is 1.83. The van der Waals surface area contributed by atoms with Crippen molar-refractivity contribution in [3.05, 3.63) is 132 Å². The van der Waals surface area contributed by atoms with Crippen molar-refractivity contribution >= 4 is 21.8 Å². The van der Waals surface area contributed by atoms with Crippen LogP contribution in [-0.2, 0) is 27.5 Å². The molecule has 0 amide bonds. The fourth-order valence-corrected chi connectivity index (χ4v) is 6.26. The molecule has 0 spiro atoms. The number of ether oxygens (including phenoxy) is 1. The molecule has 46 heavy (non-hydrogen) atoms. The standard InChI is InChI=1S/C40H36N4O.Pt/c1-4-5-6-8-14-30-20-23-37-36(25-30)35-22-21-34(27-38(35)43(37)39-19-11-12-24-41-39)45-33-18-13-17-32(26-33)44-29(3)40(28(2)42-44)31-15-9-7-10-16-31;/h7,9-13,15-25H,4-6,8,14H2,1-3H3;/q-2;+2/i11D;. The monoisotopic (exact) mass is 784 g/mol. The summed E-state index contributed by atoms with van der Waals surface area (Å²) in [4.78, 5) is 4.64. The third kappa shape index (κ3) is 6.17. The molecule has 7 aromatic rings. The number of hydrogen-bond acceptors (Lipinski definition) is 3. The van der Waals surface area contributed by atoms with Gasteiger partial charge in [0, 0.05) is 34.5 Å². The van der Waals surface area contributed by atoms with Crippen LogP contribution >= 0.6 is 0 Å². The van der Waals surface area contributed by atoms with E-state index < -0.39 is 0 Å². The molecule has 4 aromatic carbocycles. The van der Waals surface area contributed by atoms with Crippen molar-refractivity contribution in [1.82, 2.24) is 19.3 Å². The van der Waals surface area contributed by atoms with E-state index in [1.54, 1.807) is 18.3 Å². The summed E-state index contributed by atoms with van der Waals surface area (Å²) in [5, 5.41) is 7.07. The number of hydrogen-bond donors (Lipinski definition) is 0. The molecule has 0 N–H and O–H groups in total. The third-order valence-electron chi connectivity index (χ3n) is 8.41. The molecule has 232 valence electrons. The Kier molecular flexibility index (Phi) is 9.12. The molecule has 0 saturated carbocycles. The van der Waals surface area contributed by atoms with Gasteiger partial charge < -0.3 is 9.30 Å². The van der Waals surface area contributed by atoms with Gasteiger partial charge in [-0.1, -0.05) is 80.2 Å². The first-order chi connectivity index (χ1) is 22.5. The number of rotatable bonds is 10. The maximum atomic E-state index is 8.26. The predicted molar refractivity (Wildman–Crippen MR) is 183 cm³/mol. The SMILES string of the molecule is [2H]c1ccnc(-n2c3[c-]c(Oc4[c-]c(-n5nc(C)c(-c6ccccc6)c5C)ccc4)ccc3c3cc(CCCCCC)ccc32)c1.[Pt+2]. The first kappa shape index (κ1) is 30.2. The smallest absolute Gasteiger partial charge is 0.509 e. The van der Waals surface area contributed by atoms with Crippen molar-refractivity contribution < 1.29 is 27.2 Å². The normalized spacial score (nSPS) is 11.5. The molecule has 0 fully saturated rings. The van der Waals surface area contributed by atoms with Gasteiger partial charge in [0.05, 0.1) is 7.06 Å². The van der Waals surface area contributed by atoms with Gasteiger partial charge in [0.15, 0.2) is 0 Å². The fourth-order valence-electron chi connectivity index (χ4n) is 6.26. The molecule has 3 aromatic heterocycles. The molecule has 0 radical (unpaired) electrons. The molecule has 5 nitrogen and oxygen atoms in total. The first-order valence-electron chi connectivity index (χ1n) is 16.2. The van der Waals surface area contributed by atoms with E-state index in [2.05, 4.69) is 71.9 Å². The second kappa shape index (κ2) is 13.9. The number of benzene rings is 4. The van der Waals surface area contributed by atoms with Crippen molar-refractivity contribution in [2.45, 2.75) is 52.9 Å². The predicted octanol–water partition coefficient (Wildman–Crippen LogP) is 10.2. The molecule has 0 saturated heterocycles. The molecule has 7 rings (SSSR count). The zero-order valence-electron chi connectivity index (χ0n) is 27.3. The molecular formula is C40H36N4OPt. The van der Waals surface area contributed by atoms with Crippen LogP contribution in [0.5, 0.6) is 11.5 Å². The number of aromatic nitrogens is 4. The number of nitrogens with zero attached hydrogens (tertiary/aromatic N) is 4. The van der Waals surface area contributed by atoms with Crippen molar-refractivity contribution in [2.75, 3.05) is 0 Å². The Bertz CT molecular complexity index is 2170. The summed E-state index contributed by atoms with van der Waals surface area (Å²) in [7, 11) is 0. The van der Waals surface area contributed by atoms with E-state index in [1.807, 2.05) is 54.1 Å². The molecule has 3 heterocycles. The van der Waals surface area contributed by atoms with Crippen LogP contribution in [0.3, 0.4) is 0 Å². The number of fused-ring (bicyclic) bond motifs is 3. The number of aryl methyl sites for hydroxylation is 2. The van der Waals surface area contributed by atoms with E-state index in [0.29, 0.717) is 23.4 Å². The minimum atomic E-state index is 0. The van der Waals surface area contributed by atoms with Gasteiger partial charge in [-0.05, 0) is 67.1 Å². The Balaban J connectivity index is 0.00000386. The van der Waals surface area contributed by atoms with Gasteiger partial charge in [0.25, 0.3) is 0 Å². The Morgan fingerprint density at radius 3 is 2.50 bits per heavy atom. The van der Waals surface area contributed by atoms with Gasteiger partial charge >= 0.3 is 21.1 Å². The van der Waals surface area contributed by atoms with Crippen LogP contribution in [0.1, 0.15) is 50.9 Å². The van der Waals surface area contributed by atoms with Crippen LogP contribution in [-0.4, -0.2) is 19.3 Å². The van der Waals surface area contributed by atoms with Gasteiger partial charge in [-0.25, -0.2) is 4.98 Å². The van der Waals surface area contributed by atoms with Crippen LogP contribution in [0.15, 0.2) is 103 Å². The van der Waals surface area contributed by atoms with E-state index >= 15 is 0 Å². The van der Waals surface area contributed by atoms with Crippen molar-refractivity contribution in [3.8, 4) is 34.1 Å². The molecular weight excluding hydrogens is 748 g/mol. The summed E-state index contributed by atoms with van der Waals surface area (Å²) in [6.45, 7) is 6.36. The van der Waals surface area contributed by atoms with E-state index in [0.717, 1.165) is 56.4 Å². The maximum absolute atomic E-state index is 8.26. The zero-order valence-corrected chi connectivity index (χ0v) is 28.6. The zero-order chi connectivity index (χ0) is 31.6. The first-order valence-corrected chi connectivity index (χ1v) is 15.7. The Hall–Kier alpha value is -4.47. The van der Waals surface area contributed by atoms with Crippen LogP contribution < -0.4 is 4.74 Å². The molecule has 0 aliphatic heterocycles. The Labute approximate surface area is 286 Å². The average Bonchev–Trinajstić information content (AvgIpc) is 3.55. The van der Waals surface area contributed by atoms with Gasteiger partial charge in [-0.2, -0.15) is 17.2 Å². The molecule has 0 bridgehead atoms. The average molecular weight is 785 g/mol. The summed E-state index contributed by atoms with van der Waals surface area (Å²) in [6.07, 6.45) is 7.67. The number of unbranched alkanes of at least 4 members (excludes halogenated alkanes) is 3. The maximum Gasteiger partial charge on any atom is 2.00 e. The van der Waals surface area contributed by atoms with Crippen molar-refractivity contribution in [1.29, 1.82) is 0 Å². The Morgan fingerprint density at radius 1 is 0.826 bits per heavy atom. The van der Waals surface area contributed by atoms with E-state index in [4.69, 9.17) is 11.2 Å². The van der Waals surface area contributed by atoms with Crippen molar-refractivity contribution in [2.24, 2.45) is 0 Å². The fraction of sp³-hybridized carbons (Fsp3) is 0.200. The van der Waals surface area contributed by atoms with Crippen LogP contribution in [0.2, 0.25) is 0 Å². The van der Waals surface area contributed by atoms with Crippen molar-refractivity contribution in [3.63, 3.8) is 0 Å². The van der Waals surface area contributed by atoms with Gasteiger partial charge in [-0.3, -0.25) is 4.68 Å².